The Hall–Kier alpha value is -2.80. The number of hydrogen-bond acceptors (Lipinski definition) is 5. The van der Waals surface area contributed by atoms with Crippen LogP contribution in [-0.4, -0.2) is 63.2 Å². The van der Waals surface area contributed by atoms with E-state index in [4.69, 9.17) is 10.00 Å². The molecule has 1 N–H and O–H groups in total. The Morgan fingerprint density at radius 2 is 2.00 bits per heavy atom. The highest BCUT2D eigenvalue weighted by molar-refractivity contribution is 5.81. The Morgan fingerprint density at radius 3 is 2.59 bits per heavy atom. The van der Waals surface area contributed by atoms with E-state index in [1.165, 1.54) is 19.2 Å². The zero-order valence-electron chi connectivity index (χ0n) is 19.6. The van der Waals surface area contributed by atoms with Gasteiger partial charge >= 0.3 is 6.18 Å². The zero-order valence-corrected chi connectivity index (χ0v) is 19.6. The molecule has 1 spiro atoms. The van der Waals surface area contributed by atoms with Crippen molar-refractivity contribution in [3.63, 3.8) is 0 Å². The average Bonchev–Trinajstić information content (AvgIpc) is 3.17. The van der Waals surface area contributed by atoms with Gasteiger partial charge in [0, 0.05) is 57.4 Å². The van der Waals surface area contributed by atoms with Gasteiger partial charge in [0.1, 0.15) is 0 Å². The van der Waals surface area contributed by atoms with Crippen LogP contribution in [0.15, 0.2) is 18.2 Å². The predicted molar refractivity (Wildman–Crippen MR) is 120 cm³/mol. The van der Waals surface area contributed by atoms with E-state index in [-0.39, 0.29) is 18.4 Å². The number of nitriles is 1. The molecule has 186 valence electrons. The van der Waals surface area contributed by atoms with Crippen LogP contribution in [0.3, 0.4) is 0 Å². The van der Waals surface area contributed by atoms with Crippen molar-refractivity contribution in [3.05, 3.63) is 29.3 Å². The third-order valence-electron chi connectivity index (χ3n) is 6.94. The number of alkyl halides is 3. The molecule has 2 heterocycles. The third kappa shape index (κ3) is 5.46. The highest BCUT2D eigenvalue weighted by Gasteiger charge is 2.51. The summed E-state index contributed by atoms with van der Waals surface area (Å²) in [6, 6.07) is 5.29. The van der Waals surface area contributed by atoms with E-state index < -0.39 is 28.6 Å². The van der Waals surface area contributed by atoms with Gasteiger partial charge in [0.25, 0.3) is 0 Å². The summed E-state index contributed by atoms with van der Waals surface area (Å²) in [6.45, 7) is 4.38. The molecule has 0 saturated carbocycles. The third-order valence-corrected chi connectivity index (χ3v) is 6.94. The Morgan fingerprint density at radius 1 is 1.29 bits per heavy atom. The first-order valence-electron chi connectivity index (χ1n) is 11.6. The maximum Gasteiger partial charge on any atom is 0.417 e. The van der Waals surface area contributed by atoms with Crippen LogP contribution in [0.1, 0.15) is 43.7 Å². The quantitative estimate of drug-likeness (QED) is 0.606. The van der Waals surface area contributed by atoms with Crippen molar-refractivity contribution in [1.29, 1.82) is 5.26 Å². The summed E-state index contributed by atoms with van der Waals surface area (Å²) < 4.78 is 45.6. The number of carbonyl (C=O) groups is 2. The summed E-state index contributed by atoms with van der Waals surface area (Å²) in [6.07, 6.45) is -2.21. The first-order valence-corrected chi connectivity index (χ1v) is 11.6. The highest BCUT2D eigenvalue weighted by atomic mass is 19.4. The van der Waals surface area contributed by atoms with E-state index in [9.17, 15) is 22.8 Å². The molecule has 0 bridgehead atoms. The van der Waals surface area contributed by atoms with Crippen LogP contribution in [0.25, 0.3) is 0 Å². The molecule has 2 aliphatic rings. The number of carbonyl (C=O) groups excluding carboxylic acids is 2. The molecule has 1 atom stereocenters. The Kier molecular flexibility index (Phi) is 8.08. The van der Waals surface area contributed by atoms with Crippen molar-refractivity contribution >= 4 is 17.5 Å². The molecular formula is C24H31F3N4O3. The van der Waals surface area contributed by atoms with Gasteiger partial charge in [0.2, 0.25) is 11.8 Å². The van der Waals surface area contributed by atoms with E-state index in [0.29, 0.717) is 57.7 Å². The number of anilines is 1. The monoisotopic (exact) mass is 480 g/mol. The van der Waals surface area contributed by atoms with Gasteiger partial charge in [0.05, 0.1) is 29.7 Å². The number of nitrogens with one attached hydrogen (secondary N) is 1. The lowest BCUT2D eigenvalue weighted by atomic mass is 9.70. The minimum Gasteiger partial charge on any atom is -0.383 e. The van der Waals surface area contributed by atoms with E-state index in [0.717, 1.165) is 12.5 Å². The predicted octanol–water partition coefficient (Wildman–Crippen LogP) is 3.18. The molecule has 0 aliphatic carbocycles. The number of ether oxygens (including phenoxy) is 1. The molecule has 2 fully saturated rings. The number of benzene rings is 1. The van der Waals surface area contributed by atoms with E-state index >= 15 is 0 Å². The van der Waals surface area contributed by atoms with Crippen LogP contribution in [0.4, 0.5) is 18.9 Å². The van der Waals surface area contributed by atoms with Crippen molar-refractivity contribution in [1.82, 2.24) is 10.2 Å². The normalized spacial score (nSPS) is 19.8. The Labute approximate surface area is 197 Å². The van der Waals surface area contributed by atoms with E-state index in [1.807, 2.05) is 11.8 Å². The van der Waals surface area contributed by atoms with Gasteiger partial charge in [-0.05, 0) is 37.5 Å². The maximum absolute atomic E-state index is 13.5. The minimum absolute atomic E-state index is 0.0928. The van der Waals surface area contributed by atoms with Crippen molar-refractivity contribution in [2.24, 2.45) is 11.3 Å². The van der Waals surface area contributed by atoms with Crippen LogP contribution in [0.2, 0.25) is 0 Å². The number of halogens is 3. The number of amides is 2. The van der Waals surface area contributed by atoms with Crippen LogP contribution in [-0.2, 0) is 20.5 Å². The second-order valence-corrected chi connectivity index (χ2v) is 9.05. The van der Waals surface area contributed by atoms with Gasteiger partial charge in [-0.2, -0.15) is 18.4 Å². The summed E-state index contributed by atoms with van der Waals surface area (Å²) in [5, 5.41) is 12.0. The molecule has 2 saturated heterocycles. The van der Waals surface area contributed by atoms with Gasteiger partial charge < -0.3 is 19.9 Å². The molecule has 2 amide bonds. The first kappa shape index (κ1) is 25.8. The van der Waals surface area contributed by atoms with Gasteiger partial charge in [-0.3, -0.25) is 9.59 Å². The topological polar surface area (TPSA) is 85.7 Å². The lowest BCUT2D eigenvalue weighted by Crippen LogP contribution is -2.50. The molecule has 1 aromatic carbocycles. The van der Waals surface area contributed by atoms with Gasteiger partial charge in [0.15, 0.2) is 0 Å². The van der Waals surface area contributed by atoms with Crippen molar-refractivity contribution < 1.29 is 27.5 Å². The fourth-order valence-corrected chi connectivity index (χ4v) is 5.07. The average molecular weight is 481 g/mol. The fourth-order valence-electron chi connectivity index (χ4n) is 5.07. The molecule has 0 aromatic heterocycles. The molecule has 1 aromatic rings. The van der Waals surface area contributed by atoms with E-state index in [2.05, 4.69) is 5.32 Å². The number of likely N-dealkylation sites (tertiary alicyclic amines) is 1. The summed E-state index contributed by atoms with van der Waals surface area (Å²) in [4.78, 5) is 29.1. The summed E-state index contributed by atoms with van der Waals surface area (Å²) >= 11 is 0. The van der Waals surface area contributed by atoms with Crippen LogP contribution in [0.5, 0.6) is 0 Å². The Balaban J connectivity index is 1.86. The second kappa shape index (κ2) is 10.6. The van der Waals surface area contributed by atoms with E-state index in [1.54, 1.807) is 11.0 Å². The first-order chi connectivity index (χ1) is 16.1. The zero-order chi connectivity index (χ0) is 24.9. The molecule has 10 heteroatoms. The molecule has 2 aliphatic heterocycles. The molecule has 3 rings (SSSR count). The lowest BCUT2D eigenvalue weighted by molar-refractivity contribution is -0.138. The van der Waals surface area contributed by atoms with Gasteiger partial charge in [-0.1, -0.05) is 6.92 Å². The maximum atomic E-state index is 13.5. The number of hydrogen-bond donors (Lipinski definition) is 1. The van der Waals surface area contributed by atoms with Crippen molar-refractivity contribution in [3.8, 4) is 6.07 Å². The van der Waals surface area contributed by atoms with Crippen LogP contribution in [0, 0.1) is 22.7 Å². The fraction of sp³-hybridized carbons (Fsp3) is 0.625. The highest BCUT2D eigenvalue weighted by Crippen LogP contribution is 2.47. The largest absolute Gasteiger partial charge is 0.417 e. The summed E-state index contributed by atoms with van der Waals surface area (Å²) in [5.41, 5.74) is -1.52. The minimum atomic E-state index is -4.65. The van der Waals surface area contributed by atoms with Crippen molar-refractivity contribution in [2.75, 3.05) is 51.3 Å². The van der Waals surface area contributed by atoms with Crippen molar-refractivity contribution in [2.45, 2.75) is 38.8 Å². The second-order valence-electron chi connectivity index (χ2n) is 9.05. The summed E-state index contributed by atoms with van der Waals surface area (Å²) in [7, 11) is 1.54. The molecule has 0 radical (unpaired) electrons. The number of methoxy groups -OCH3 is 1. The Bertz CT molecular complexity index is 936. The summed E-state index contributed by atoms with van der Waals surface area (Å²) in [5.74, 6) is -0.495. The number of rotatable bonds is 7. The molecular weight excluding hydrogens is 449 g/mol. The number of piperidine rings is 1. The lowest BCUT2D eigenvalue weighted by Gasteiger charge is -2.42. The van der Waals surface area contributed by atoms with Gasteiger partial charge in [-0.25, -0.2) is 0 Å². The molecule has 7 nitrogen and oxygen atoms in total. The SMILES string of the molecule is CCCC(=O)N1CCC2(CC1)CN(c1ccc(C#N)c(C(F)(F)F)c1)CC2C(=O)NCCOC. The molecule has 1 unspecified atom stereocenters. The molecule has 34 heavy (non-hydrogen) atoms. The van der Waals surface area contributed by atoms with Gasteiger partial charge in [-0.15, -0.1) is 0 Å². The van der Waals surface area contributed by atoms with Crippen LogP contribution < -0.4 is 10.2 Å². The van der Waals surface area contributed by atoms with Crippen LogP contribution >= 0.6 is 0 Å². The number of nitrogens with zero attached hydrogens (tertiary/aromatic N) is 3. The smallest absolute Gasteiger partial charge is 0.383 e. The standard InChI is InChI=1S/C24H31F3N4O3/c1-3-4-21(32)30-10-7-23(8-11-30)16-31(15-20(23)22(33)29-9-12-34-2)18-6-5-17(14-28)19(13-18)24(25,26)27/h5-6,13,20H,3-4,7-12,15-16H2,1-2H3,(H,29,33).